The van der Waals surface area contributed by atoms with E-state index in [1.54, 1.807) is 0 Å². The molecule has 0 spiro atoms. The van der Waals surface area contributed by atoms with Gasteiger partial charge in [-0.2, -0.15) is 4.99 Å². The number of hydrogen-bond donors (Lipinski definition) is 0. The second kappa shape index (κ2) is 18.0. The Hall–Kier alpha value is -1.84. The molecule has 0 heterocycles. The lowest BCUT2D eigenvalue weighted by Gasteiger charge is -2.08. The smallest absolute Gasteiger partial charge is 0.396 e. The number of unbranched alkanes of at least 4 members (excludes halogenated alkanes) is 13. The first-order valence-electron chi connectivity index (χ1n) is 12.1. The zero-order chi connectivity index (χ0) is 21.9. The van der Waals surface area contributed by atoms with Gasteiger partial charge in [-0.15, -0.1) is 0 Å². The van der Waals surface area contributed by atoms with Gasteiger partial charge in [0.1, 0.15) is 0 Å². The Kier molecular flexibility index (Phi) is 15.7. The molecular formula is C26H43NO3. The van der Waals surface area contributed by atoms with E-state index in [1.807, 2.05) is 32.0 Å². The molecule has 0 aliphatic carbocycles. The summed E-state index contributed by atoms with van der Waals surface area (Å²) in [5, 5.41) is 0. The topological polar surface area (TPSA) is 47.9 Å². The predicted octanol–water partition coefficient (Wildman–Crippen LogP) is 7.96. The van der Waals surface area contributed by atoms with Crippen molar-refractivity contribution in [3.8, 4) is 0 Å². The molecule has 4 heteroatoms. The number of aliphatic imine (C=N–C) groups is 1. The number of aryl methyl sites for hydroxylation is 2. The SMILES string of the molecule is CCCCCCCCCCCCCCCCOC(=Nc1ccc(C)cc1C)OC=O. The van der Waals surface area contributed by atoms with Crippen molar-refractivity contribution in [1.82, 2.24) is 0 Å². The molecule has 0 saturated carbocycles. The summed E-state index contributed by atoms with van der Waals surface area (Å²) in [5.41, 5.74) is 2.97. The summed E-state index contributed by atoms with van der Waals surface area (Å²) in [6.07, 6.45) is 18.5. The van der Waals surface area contributed by atoms with Crippen LogP contribution in [0.3, 0.4) is 0 Å². The van der Waals surface area contributed by atoms with Crippen LogP contribution in [0.4, 0.5) is 5.69 Å². The van der Waals surface area contributed by atoms with Crippen LogP contribution in [0, 0.1) is 13.8 Å². The Balaban J connectivity index is 2.05. The molecule has 1 rings (SSSR count). The van der Waals surface area contributed by atoms with E-state index in [-0.39, 0.29) is 6.08 Å². The van der Waals surface area contributed by atoms with Gasteiger partial charge in [-0.25, -0.2) is 0 Å². The highest BCUT2D eigenvalue weighted by molar-refractivity contribution is 5.77. The van der Waals surface area contributed by atoms with Crippen LogP contribution >= 0.6 is 0 Å². The summed E-state index contributed by atoms with van der Waals surface area (Å²) in [6, 6.07) is 5.94. The highest BCUT2D eigenvalue weighted by atomic mass is 16.7. The molecule has 0 aliphatic rings. The minimum atomic E-state index is 0.0339. The molecular weight excluding hydrogens is 374 g/mol. The molecule has 4 nitrogen and oxygen atoms in total. The second-order valence-electron chi connectivity index (χ2n) is 8.33. The van der Waals surface area contributed by atoms with E-state index in [9.17, 15) is 4.79 Å². The molecule has 170 valence electrons. The monoisotopic (exact) mass is 417 g/mol. The molecule has 0 amide bonds. The maximum Gasteiger partial charge on any atom is 0.396 e. The standard InChI is InChI=1S/C26H43NO3/c1-4-5-6-7-8-9-10-11-12-13-14-15-16-17-20-29-26(30-22-28)27-25-19-18-23(2)21-24(25)3/h18-19,21-22H,4-17,20H2,1-3H3. The third-order valence-electron chi connectivity index (χ3n) is 5.44. The fourth-order valence-corrected chi connectivity index (χ4v) is 3.62. The average molecular weight is 418 g/mol. The van der Waals surface area contributed by atoms with Crippen molar-refractivity contribution in [3.05, 3.63) is 29.3 Å². The zero-order valence-corrected chi connectivity index (χ0v) is 19.6. The van der Waals surface area contributed by atoms with E-state index >= 15 is 0 Å². The van der Waals surface area contributed by atoms with Gasteiger partial charge in [0.25, 0.3) is 0 Å². The lowest BCUT2D eigenvalue weighted by Crippen LogP contribution is -2.10. The summed E-state index contributed by atoms with van der Waals surface area (Å²) in [7, 11) is 0. The van der Waals surface area contributed by atoms with Crippen LogP contribution in [-0.4, -0.2) is 19.2 Å². The van der Waals surface area contributed by atoms with Crippen molar-refractivity contribution in [2.45, 2.75) is 111 Å². The van der Waals surface area contributed by atoms with Crippen LogP contribution in [0.25, 0.3) is 0 Å². The van der Waals surface area contributed by atoms with Gasteiger partial charge in [0.15, 0.2) is 0 Å². The molecule has 1 aromatic rings. The first kappa shape index (κ1) is 26.2. The fourth-order valence-electron chi connectivity index (χ4n) is 3.62. The van der Waals surface area contributed by atoms with Crippen molar-refractivity contribution in [2.24, 2.45) is 4.99 Å². The van der Waals surface area contributed by atoms with E-state index < -0.39 is 0 Å². The number of carbonyl (C=O) groups excluding carboxylic acids is 1. The third-order valence-corrected chi connectivity index (χ3v) is 5.44. The molecule has 0 radical (unpaired) electrons. The van der Waals surface area contributed by atoms with Crippen LogP contribution in [0.5, 0.6) is 0 Å². The lowest BCUT2D eigenvalue weighted by molar-refractivity contribution is -0.123. The maximum atomic E-state index is 10.7. The number of benzene rings is 1. The van der Waals surface area contributed by atoms with E-state index in [0.717, 1.165) is 24.1 Å². The Morgan fingerprint density at radius 3 is 1.87 bits per heavy atom. The first-order chi connectivity index (χ1) is 14.7. The van der Waals surface area contributed by atoms with Gasteiger partial charge in [0.05, 0.1) is 12.3 Å². The number of hydrogen-bond acceptors (Lipinski definition) is 4. The van der Waals surface area contributed by atoms with E-state index in [1.165, 1.54) is 82.6 Å². The Labute approximate surface area is 184 Å². The normalized spacial score (nSPS) is 11.5. The van der Waals surface area contributed by atoms with Gasteiger partial charge in [0, 0.05) is 0 Å². The molecule has 0 atom stereocenters. The fraction of sp³-hybridized carbons (Fsp3) is 0.692. The lowest BCUT2D eigenvalue weighted by atomic mass is 10.0. The highest BCUT2D eigenvalue weighted by Gasteiger charge is 2.05. The van der Waals surface area contributed by atoms with Crippen LogP contribution in [0.15, 0.2) is 23.2 Å². The van der Waals surface area contributed by atoms with Gasteiger partial charge in [-0.1, -0.05) is 108 Å². The highest BCUT2D eigenvalue weighted by Crippen LogP contribution is 2.20. The van der Waals surface area contributed by atoms with Crippen molar-refractivity contribution in [3.63, 3.8) is 0 Å². The number of carbonyl (C=O) groups is 1. The molecule has 0 aliphatic heterocycles. The van der Waals surface area contributed by atoms with Crippen LogP contribution in [-0.2, 0) is 14.3 Å². The summed E-state index contributed by atoms with van der Waals surface area (Å²) >= 11 is 0. The molecule has 0 N–H and O–H groups in total. The van der Waals surface area contributed by atoms with Crippen molar-refractivity contribution in [1.29, 1.82) is 0 Å². The van der Waals surface area contributed by atoms with Crippen LogP contribution in [0.2, 0.25) is 0 Å². The summed E-state index contributed by atoms with van der Waals surface area (Å²) in [6.45, 7) is 7.19. The van der Waals surface area contributed by atoms with E-state index in [2.05, 4.69) is 11.9 Å². The number of nitrogens with zero attached hydrogens (tertiary/aromatic N) is 1. The molecule has 0 fully saturated rings. The van der Waals surface area contributed by atoms with Gasteiger partial charge in [-0.3, -0.25) is 4.79 Å². The summed E-state index contributed by atoms with van der Waals surface area (Å²) < 4.78 is 10.5. The van der Waals surface area contributed by atoms with Gasteiger partial charge >= 0.3 is 12.6 Å². The quantitative estimate of drug-likeness (QED) is 0.112. The zero-order valence-electron chi connectivity index (χ0n) is 19.6. The largest absolute Gasteiger partial charge is 0.450 e. The Bertz CT molecular complexity index is 598. The molecule has 0 bridgehead atoms. The molecule has 1 aromatic carbocycles. The average Bonchev–Trinajstić information content (AvgIpc) is 2.73. The van der Waals surface area contributed by atoms with Gasteiger partial charge in [0.2, 0.25) is 0 Å². The molecule has 0 unspecified atom stereocenters. The third kappa shape index (κ3) is 13.4. The Morgan fingerprint density at radius 1 is 0.833 bits per heavy atom. The maximum absolute atomic E-state index is 10.7. The van der Waals surface area contributed by atoms with E-state index in [4.69, 9.17) is 9.47 Å². The van der Waals surface area contributed by atoms with Crippen LogP contribution < -0.4 is 0 Å². The second-order valence-corrected chi connectivity index (χ2v) is 8.33. The molecule has 0 saturated heterocycles. The number of ether oxygens (including phenoxy) is 2. The molecule has 30 heavy (non-hydrogen) atoms. The number of rotatable bonds is 17. The van der Waals surface area contributed by atoms with Crippen molar-refractivity contribution in [2.75, 3.05) is 6.61 Å². The first-order valence-corrected chi connectivity index (χ1v) is 12.1. The predicted molar refractivity (Wildman–Crippen MR) is 126 cm³/mol. The minimum Gasteiger partial charge on any atom is -0.450 e. The van der Waals surface area contributed by atoms with Crippen LogP contribution in [0.1, 0.15) is 108 Å². The minimum absolute atomic E-state index is 0.0339. The summed E-state index contributed by atoms with van der Waals surface area (Å²) in [4.78, 5) is 15.1. The molecule has 0 aromatic heterocycles. The van der Waals surface area contributed by atoms with E-state index in [0.29, 0.717) is 13.1 Å². The Morgan fingerprint density at radius 2 is 1.37 bits per heavy atom. The summed E-state index contributed by atoms with van der Waals surface area (Å²) in [5.74, 6) is 0. The van der Waals surface area contributed by atoms with Crippen molar-refractivity contribution < 1.29 is 14.3 Å². The van der Waals surface area contributed by atoms with Gasteiger partial charge in [-0.05, 0) is 31.9 Å². The van der Waals surface area contributed by atoms with Crippen molar-refractivity contribution >= 4 is 18.2 Å². The van der Waals surface area contributed by atoms with Gasteiger partial charge < -0.3 is 9.47 Å².